The molecule has 1 atom stereocenters. The first-order valence-electron chi connectivity index (χ1n) is 4.94. The molecule has 1 rings (SSSR count). The second kappa shape index (κ2) is 4.79. The molecular weight excluding hydrogens is 235 g/mol. The zero-order valence-electron chi connectivity index (χ0n) is 9.49. The summed E-state index contributed by atoms with van der Waals surface area (Å²) in [6.07, 6.45) is -4.46. The lowest BCUT2D eigenvalue weighted by Crippen LogP contribution is -2.32. The molecular formula is C10H14F3N3O. The van der Waals surface area contributed by atoms with E-state index in [1.165, 1.54) is 4.90 Å². The number of aliphatic hydroxyl groups is 1. The van der Waals surface area contributed by atoms with Crippen molar-refractivity contribution < 1.29 is 18.3 Å². The number of aliphatic hydroxyl groups excluding tert-OH is 1. The quantitative estimate of drug-likeness (QED) is 0.852. The van der Waals surface area contributed by atoms with Crippen molar-refractivity contribution in [2.75, 3.05) is 24.3 Å². The molecule has 1 unspecified atom stereocenters. The Morgan fingerprint density at radius 3 is 2.53 bits per heavy atom. The first-order chi connectivity index (χ1) is 7.75. The Balaban J connectivity index is 3.14. The molecule has 7 heteroatoms. The number of nitrogen functional groups attached to an aromatic ring is 1. The van der Waals surface area contributed by atoms with Crippen LogP contribution in [0.3, 0.4) is 0 Å². The molecule has 0 aliphatic heterocycles. The van der Waals surface area contributed by atoms with E-state index in [0.29, 0.717) is 0 Å². The molecule has 0 saturated carbocycles. The molecule has 1 aromatic heterocycles. The third kappa shape index (κ3) is 3.23. The van der Waals surface area contributed by atoms with E-state index in [1.807, 2.05) is 0 Å². The van der Waals surface area contributed by atoms with Crippen LogP contribution in [0.5, 0.6) is 0 Å². The van der Waals surface area contributed by atoms with Crippen molar-refractivity contribution in [3.63, 3.8) is 0 Å². The standard InChI is InChI=1S/C10H14F3N3O/c1-6(5-17)16(2)9-4-7(10(11,12)13)3-8(14)15-9/h3-4,6,17H,5H2,1-2H3,(H2,14,15). The lowest BCUT2D eigenvalue weighted by Gasteiger charge is -2.25. The topological polar surface area (TPSA) is 62.4 Å². The third-order valence-electron chi connectivity index (χ3n) is 2.45. The van der Waals surface area contributed by atoms with E-state index in [2.05, 4.69) is 4.98 Å². The van der Waals surface area contributed by atoms with Gasteiger partial charge in [-0.05, 0) is 19.1 Å². The van der Waals surface area contributed by atoms with Crippen molar-refractivity contribution in [1.82, 2.24) is 4.98 Å². The Labute approximate surface area is 96.9 Å². The van der Waals surface area contributed by atoms with Crippen molar-refractivity contribution >= 4 is 11.6 Å². The van der Waals surface area contributed by atoms with Crippen molar-refractivity contribution in [3.05, 3.63) is 17.7 Å². The Morgan fingerprint density at radius 2 is 2.06 bits per heavy atom. The maximum Gasteiger partial charge on any atom is 0.416 e. The number of nitrogens with two attached hydrogens (primary N) is 1. The molecule has 0 bridgehead atoms. The van der Waals surface area contributed by atoms with Crippen LogP contribution in [-0.2, 0) is 6.18 Å². The maximum absolute atomic E-state index is 12.5. The van der Waals surface area contributed by atoms with Gasteiger partial charge in [0.25, 0.3) is 0 Å². The van der Waals surface area contributed by atoms with Crippen LogP contribution in [0.2, 0.25) is 0 Å². The van der Waals surface area contributed by atoms with Crippen molar-refractivity contribution in [3.8, 4) is 0 Å². The van der Waals surface area contributed by atoms with Crippen LogP contribution in [0.15, 0.2) is 12.1 Å². The summed E-state index contributed by atoms with van der Waals surface area (Å²) < 4.78 is 37.6. The molecule has 1 heterocycles. The highest BCUT2D eigenvalue weighted by molar-refractivity contribution is 5.49. The molecule has 0 spiro atoms. The number of hydrogen-bond acceptors (Lipinski definition) is 4. The van der Waals surface area contributed by atoms with E-state index in [4.69, 9.17) is 10.8 Å². The van der Waals surface area contributed by atoms with Crippen LogP contribution in [0.1, 0.15) is 12.5 Å². The molecule has 17 heavy (non-hydrogen) atoms. The van der Waals surface area contributed by atoms with Gasteiger partial charge in [-0.15, -0.1) is 0 Å². The highest BCUT2D eigenvalue weighted by Crippen LogP contribution is 2.32. The van der Waals surface area contributed by atoms with Gasteiger partial charge in [0.05, 0.1) is 18.2 Å². The minimum atomic E-state index is -4.46. The third-order valence-corrected chi connectivity index (χ3v) is 2.45. The van der Waals surface area contributed by atoms with Gasteiger partial charge in [-0.2, -0.15) is 13.2 Å². The maximum atomic E-state index is 12.5. The number of pyridine rings is 1. The van der Waals surface area contributed by atoms with Crippen LogP contribution in [-0.4, -0.2) is 29.8 Å². The summed E-state index contributed by atoms with van der Waals surface area (Å²) in [7, 11) is 1.54. The number of anilines is 2. The molecule has 0 aromatic carbocycles. The summed E-state index contributed by atoms with van der Waals surface area (Å²) >= 11 is 0. The lowest BCUT2D eigenvalue weighted by molar-refractivity contribution is -0.137. The summed E-state index contributed by atoms with van der Waals surface area (Å²) in [6.45, 7) is 1.48. The fourth-order valence-electron chi connectivity index (χ4n) is 1.23. The number of aromatic nitrogens is 1. The van der Waals surface area contributed by atoms with Gasteiger partial charge >= 0.3 is 6.18 Å². The summed E-state index contributed by atoms with van der Waals surface area (Å²) in [5.74, 6) is -0.120. The average molecular weight is 249 g/mol. The van der Waals surface area contributed by atoms with Gasteiger partial charge in [0, 0.05) is 7.05 Å². The SMILES string of the molecule is CC(CO)N(C)c1cc(C(F)(F)F)cc(N)n1. The fourth-order valence-corrected chi connectivity index (χ4v) is 1.23. The summed E-state index contributed by atoms with van der Waals surface area (Å²) in [5, 5.41) is 8.94. The summed E-state index contributed by atoms with van der Waals surface area (Å²) in [6, 6.07) is 1.34. The number of alkyl halides is 3. The van der Waals surface area contributed by atoms with Crippen molar-refractivity contribution in [1.29, 1.82) is 0 Å². The molecule has 0 aliphatic rings. The van der Waals surface area contributed by atoms with Gasteiger partial charge in [-0.1, -0.05) is 0 Å². The fraction of sp³-hybridized carbons (Fsp3) is 0.500. The van der Waals surface area contributed by atoms with Gasteiger partial charge < -0.3 is 15.7 Å². The second-order valence-electron chi connectivity index (χ2n) is 3.78. The van der Waals surface area contributed by atoms with E-state index >= 15 is 0 Å². The lowest BCUT2D eigenvalue weighted by atomic mass is 10.2. The zero-order chi connectivity index (χ0) is 13.2. The highest BCUT2D eigenvalue weighted by atomic mass is 19.4. The van der Waals surface area contributed by atoms with Crippen LogP contribution in [0, 0.1) is 0 Å². The minimum absolute atomic E-state index is 0.0823. The Kier molecular flexibility index (Phi) is 3.82. The average Bonchev–Trinajstić information content (AvgIpc) is 2.25. The van der Waals surface area contributed by atoms with Crippen molar-refractivity contribution in [2.24, 2.45) is 0 Å². The normalized spacial score (nSPS) is 13.5. The predicted molar refractivity (Wildman–Crippen MR) is 58.6 cm³/mol. The van der Waals surface area contributed by atoms with Gasteiger partial charge in [-0.25, -0.2) is 4.98 Å². The van der Waals surface area contributed by atoms with E-state index < -0.39 is 11.7 Å². The van der Waals surface area contributed by atoms with Gasteiger partial charge in [-0.3, -0.25) is 0 Å². The molecule has 96 valence electrons. The van der Waals surface area contributed by atoms with Crippen molar-refractivity contribution in [2.45, 2.75) is 19.1 Å². The monoisotopic (exact) mass is 249 g/mol. The molecule has 4 nitrogen and oxygen atoms in total. The van der Waals surface area contributed by atoms with Crippen LogP contribution < -0.4 is 10.6 Å². The largest absolute Gasteiger partial charge is 0.416 e. The molecule has 0 fully saturated rings. The van der Waals surface area contributed by atoms with Gasteiger partial charge in [0.1, 0.15) is 11.6 Å². The molecule has 3 N–H and O–H groups in total. The molecule has 1 aromatic rings. The predicted octanol–water partition coefficient (Wildman–Crippen LogP) is 1.50. The van der Waals surface area contributed by atoms with E-state index in [1.54, 1.807) is 14.0 Å². The molecule has 0 amide bonds. The Bertz CT molecular complexity index is 395. The summed E-state index contributed by atoms with van der Waals surface area (Å²) in [4.78, 5) is 5.24. The molecule has 0 radical (unpaired) electrons. The Morgan fingerprint density at radius 1 is 1.47 bits per heavy atom. The number of rotatable bonds is 3. The second-order valence-corrected chi connectivity index (χ2v) is 3.78. The van der Waals surface area contributed by atoms with E-state index in [9.17, 15) is 13.2 Å². The van der Waals surface area contributed by atoms with Crippen LogP contribution in [0.4, 0.5) is 24.8 Å². The number of likely N-dealkylation sites (N-methyl/N-ethyl adjacent to an activating group) is 1. The smallest absolute Gasteiger partial charge is 0.394 e. The first kappa shape index (κ1) is 13.6. The highest BCUT2D eigenvalue weighted by Gasteiger charge is 2.32. The van der Waals surface area contributed by atoms with Crippen LogP contribution in [0.25, 0.3) is 0 Å². The first-order valence-corrected chi connectivity index (χ1v) is 4.94. The summed E-state index contributed by atoms with van der Waals surface area (Å²) in [5.41, 5.74) is 4.49. The van der Waals surface area contributed by atoms with Gasteiger partial charge in [0.15, 0.2) is 0 Å². The minimum Gasteiger partial charge on any atom is -0.394 e. The van der Waals surface area contributed by atoms with E-state index in [0.717, 1.165) is 12.1 Å². The molecule has 0 saturated heterocycles. The number of hydrogen-bond donors (Lipinski definition) is 2. The Hall–Kier alpha value is -1.50. The zero-order valence-corrected chi connectivity index (χ0v) is 9.49. The molecule has 0 aliphatic carbocycles. The number of nitrogens with zero attached hydrogens (tertiary/aromatic N) is 2. The van der Waals surface area contributed by atoms with Gasteiger partial charge in [0.2, 0.25) is 0 Å². The number of halogens is 3. The van der Waals surface area contributed by atoms with Crippen LogP contribution >= 0.6 is 0 Å². The van der Waals surface area contributed by atoms with E-state index in [-0.39, 0.29) is 24.3 Å².